The Bertz CT molecular complexity index is 427. The number of nitrogens with one attached hydrogen (secondary N) is 1. The van der Waals surface area contributed by atoms with Crippen LogP contribution in [0.4, 0.5) is 0 Å². The van der Waals surface area contributed by atoms with Crippen molar-refractivity contribution < 1.29 is 4.79 Å². The van der Waals surface area contributed by atoms with Gasteiger partial charge in [0.1, 0.15) is 0 Å². The fourth-order valence-electron chi connectivity index (χ4n) is 2.48. The van der Waals surface area contributed by atoms with Gasteiger partial charge in [-0.1, -0.05) is 26.7 Å². The van der Waals surface area contributed by atoms with E-state index in [1.807, 2.05) is 6.07 Å². The number of rotatable bonds is 2. The molecule has 1 aromatic rings. The molecular weight excluding hydrogens is 378 g/mol. The Kier molecular flexibility index (Phi) is 4.89. The van der Waals surface area contributed by atoms with Gasteiger partial charge in [0.05, 0.1) is 8.66 Å². The van der Waals surface area contributed by atoms with Crippen molar-refractivity contribution in [2.24, 2.45) is 11.8 Å². The first-order chi connectivity index (χ1) is 8.49. The Morgan fingerprint density at radius 1 is 1.39 bits per heavy atom. The third-order valence-corrected chi connectivity index (χ3v) is 7.15. The topological polar surface area (TPSA) is 29.1 Å². The predicted molar refractivity (Wildman–Crippen MR) is 83.2 cm³/mol. The van der Waals surface area contributed by atoms with E-state index in [2.05, 4.69) is 51.0 Å². The van der Waals surface area contributed by atoms with Gasteiger partial charge in [0.15, 0.2) is 0 Å². The Hall–Kier alpha value is 0.130. The number of thiophene rings is 1. The standard InChI is InChI=1S/C13H17Br2NOS/c1-7-4-3-5-10(8(7)2)16-13(17)11-6-9(14)12(15)18-11/h6-8,10H,3-5H2,1-2H3,(H,16,17)/t7-,8-,10+/m1/s1. The molecule has 1 N–H and O–H groups in total. The van der Waals surface area contributed by atoms with E-state index in [0.29, 0.717) is 17.9 Å². The molecule has 0 spiro atoms. The van der Waals surface area contributed by atoms with Crippen LogP contribution in [0.2, 0.25) is 0 Å². The molecule has 2 nitrogen and oxygen atoms in total. The molecule has 18 heavy (non-hydrogen) atoms. The van der Waals surface area contributed by atoms with Gasteiger partial charge in [0.2, 0.25) is 0 Å². The molecule has 1 aliphatic carbocycles. The van der Waals surface area contributed by atoms with Crippen LogP contribution in [0.25, 0.3) is 0 Å². The highest BCUT2D eigenvalue weighted by Gasteiger charge is 2.28. The highest BCUT2D eigenvalue weighted by Crippen LogP contribution is 2.33. The molecule has 1 saturated carbocycles. The van der Waals surface area contributed by atoms with Crippen molar-refractivity contribution in [2.75, 3.05) is 0 Å². The molecule has 1 fully saturated rings. The lowest BCUT2D eigenvalue weighted by atomic mass is 9.78. The number of hydrogen-bond acceptors (Lipinski definition) is 2. The maximum Gasteiger partial charge on any atom is 0.261 e. The zero-order chi connectivity index (χ0) is 13.3. The average molecular weight is 395 g/mol. The third kappa shape index (κ3) is 3.17. The zero-order valence-electron chi connectivity index (χ0n) is 10.5. The molecule has 3 atom stereocenters. The molecule has 1 aliphatic rings. The van der Waals surface area contributed by atoms with Crippen molar-refractivity contribution in [2.45, 2.75) is 39.2 Å². The quantitative estimate of drug-likeness (QED) is 0.764. The van der Waals surface area contributed by atoms with Gasteiger partial charge in [-0.3, -0.25) is 4.79 Å². The average Bonchev–Trinajstić information content (AvgIpc) is 2.66. The Labute approximate surface area is 129 Å². The first-order valence-corrected chi connectivity index (χ1v) is 8.65. The highest BCUT2D eigenvalue weighted by molar-refractivity contribution is 9.13. The van der Waals surface area contributed by atoms with Gasteiger partial charge < -0.3 is 5.32 Å². The lowest BCUT2D eigenvalue weighted by molar-refractivity contribution is 0.0895. The lowest BCUT2D eigenvalue weighted by Gasteiger charge is -2.34. The molecule has 0 saturated heterocycles. The minimum absolute atomic E-state index is 0.0531. The minimum Gasteiger partial charge on any atom is -0.348 e. The van der Waals surface area contributed by atoms with Crippen LogP contribution in [0.5, 0.6) is 0 Å². The van der Waals surface area contributed by atoms with Crippen molar-refractivity contribution in [3.05, 3.63) is 19.2 Å². The molecular formula is C13H17Br2NOS. The maximum atomic E-state index is 12.2. The normalized spacial score (nSPS) is 28.1. The van der Waals surface area contributed by atoms with E-state index >= 15 is 0 Å². The summed E-state index contributed by atoms with van der Waals surface area (Å²) in [6.07, 6.45) is 3.60. The summed E-state index contributed by atoms with van der Waals surface area (Å²) in [6.45, 7) is 4.52. The molecule has 5 heteroatoms. The SMILES string of the molecule is C[C@@H]1[C@H](C)CCC[C@@H]1NC(=O)c1cc(Br)c(Br)s1. The first kappa shape index (κ1) is 14.5. The molecule has 0 bridgehead atoms. The third-order valence-electron chi connectivity index (χ3n) is 3.89. The van der Waals surface area contributed by atoms with Crippen molar-refractivity contribution in [1.29, 1.82) is 0 Å². The number of carbonyl (C=O) groups excluding carboxylic acids is 1. The number of halogens is 2. The molecule has 0 aromatic carbocycles. The Balaban J connectivity index is 2.02. The summed E-state index contributed by atoms with van der Waals surface area (Å²) in [5.41, 5.74) is 0. The molecule has 100 valence electrons. The van der Waals surface area contributed by atoms with Crippen molar-refractivity contribution in [3.63, 3.8) is 0 Å². The summed E-state index contributed by atoms with van der Waals surface area (Å²) < 4.78 is 1.92. The molecule has 1 heterocycles. The summed E-state index contributed by atoms with van der Waals surface area (Å²) in [5.74, 6) is 1.32. The second-order valence-electron chi connectivity index (χ2n) is 5.08. The summed E-state index contributed by atoms with van der Waals surface area (Å²) in [6, 6.07) is 2.20. The largest absolute Gasteiger partial charge is 0.348 e. The zero-order valence-corrected chi connectivity index (χ0v) is 14.5. The van der Waals surface area contributed by atoms with Crippen LogP contribution < -0.4 is 5.32 Å². The van der Waals surface area contributed by atoms with Crippen LogP contribution in [-0.4, -0.2) is 11.9 Å². The van der Waals surface area contributed by atoms with Gasteiger partial charge in [-0.15, -0.1) is 11.3 Å². The van der Waals surface area contributed by atoms with Crippen molar-refractivity contribution in [3.8, 4) is 0 Å². The van der Waals surface area contributed by atoms with E-state index in [0.717, 1.165) is 19.6 Å². The minimum atomic E-state index is 0.0531. The van der Waals surface area contributed by atoms with Gasteiger partial charge in [-0.2, -0.15) is 0 Å². The van der Waals surface area contributed by atoms with E-state index in [1.54, 1.807) is 0 Å². The number of amides is 1. The van der Waals surface area contributed by atoms with Crippen LogP contribution in [0.3, 0.4) is 0 Å². The number of carbonyl (C=O) groups is 1. The summed E-state index contributed by atoms with van der Waals surface area (Å²) in [5, 5.41) is 3.19. The fourth-order valence-corrected chi connectivity index (χ4v) is 4.42. The first-order valence-electron chi connectivity index (χ1n) is 6.24. The van der Waals surface area contributed by atoms with Crippen LogP contribution >= 0.6 is 43.2 Å². The van der Waals surface area contributed by atoms with E-state index in [9.17, 15) is 4.79 Å². The van der Waals surface area contributed by atoms with Crippen LogP contribution in [-0.2, 0) is 0 Å². The second-order valence-corrected chi connectivity index (χ2v) is 8.30. The Morgan fingerprint density at radius 3 is 2.72 bits per heavy atom. The van der Waals surface area contributed by atoms with Crippen LogP contribution in [0.1, 0.15) is 42.8 Å². The van der Waals surface area contributed by atoms with Crippen LogP contribution in [0, 0.1) is 11.8 Å². The second kappa shape index (κ2) is 6.06. The van der Waals surface area contributed by atoms with Gasteiger partial charge >= 0.3 is 0 Å². The maximum absolute atomic E-state index is 12.2. The Morgan fingerprint density at radius 2 is 2.11 bits per heavy atom. The van der Waals surface area contributed by atoms with Gasteiger partial charge in [0, 0.05) is 10.5 Å². The number of hydrogen-bond donors (Lipinski definition) is 1. The van der Waals surface area contributed by atoms with Crippen LogP contribution in [0.15, 0.2) is 14.3 Å². The molecule has 2 rings (SSSR count). The molecule has 0 radical (unpaired) electrons. The van der Waals surface area contributed by atoms with Gasteiger partial charge in [-0.05, 0) is 56.2 Å². The lowest BCUT2D eigenvalue weighted by Crippen LogP contribution is -2.43. The summed E-state index contributed by atoms with van der Waals surface area (Å²) in [4.78, 5) is 13.0. The molecule has 0 aliphatic heterocycles. The molecule has 1 aromatic heterocycles. The van der Waals surface area contributed by atoms with Crippen molar-refractivity contribution >= 4 is 49.1 Å². The smallest absolute Gasteiger partial charge is 0.261 e. The van der Waals surface area contributed by atoms with E-state index in [-0.39, 0.29) is 5.91 Å². The summed E-state index contributed by atoms with van der Waals surface area (Å²) in [7, 11) is 0. The van der Waals surface area contributed by atoms with Gasteiger partial charge in [-0.25, -0.2) is 0 Å². The van der Waals surface area contributed by atoms with Gasteiger partial charge in [0.25, 0.3) is 5.91 Å². The fraction of sp³-hybridized carbons (Fsp3) is 0.615. The van der Waals surface area contributed by atoms with E-state index in [4.69, 9.17) is 0 Å². The monoisotopic (exact) mass is 393 g/mol. The predicted octanol–water partition coefficient (Wildman–Crippen LogP) is 4.83. The van der Waals surface area contributed by atoms with E-state index in [1.165, 1.54) is 24.2 Å². The van der Waals surface area contributed by atoms with E-state index < -0.39 is 0 Å². The summed E-state index contributed by atoms with van der Waals surface area (Å²) >= 11 is 8.31. The van der Waals surface area contributed by atoms with Crippen molar-refractivity contribution in [1.82, 2.24) is 5.32 Å². The molecule has 1 amide bonds. The molecule has 0 unspecified atom stereocenters. The highest BCUT2D eigenvalue weighted by atomic mass is 79.9.